The Balaban J connectivity index is 2.54. The number of amides is 1. The van der Waals surface area contributed by atoms with E-state index in [2.05, 4.69) is 13.0 Å². The quantitative estimate of drug-likeness (QED) is 0.495. The van der Waals surface area contributed by atoms with Gasteiger partial charge in [0.15, 0.2) is 0 Å². The van der Waals surface area contributed by atoms with Crippen molar-refractivity contribution in [2.45, 2.75) is 19.4 Å². The molecule has 1 atom stereocenters. The van der Waals surface area contributed by atoms with Gasteiger partial charge in [0.1, 0.15) is 0 Å². The van der Waals surface area contributed by atoms with E-state index >= 15 is 0 Å². The van der Waals surface area contributed by atoms with E-state index in [0.29, 0.717) is 6.04 Å². The normalized spacial score (nSPS) is 24.9. The second-order valence-corrected chi connectivity index (χ2v) is 2.57. The maximum Gasteiger partial charge on any atom is 0.246 e. The van der Waals surface area contributed by atoms with Crippen LogP contribution < -0.4 is 0 Å². The summed E-state index contributed by atoms with van der Waals surface area (Å²) in [5.74, 6) is 0.0428. The molecule has 1 amide bonds. The van der Waals surface area contributed by atoms with E-state index in [0.717, 1.165) is 13.0 Å². The molecule has 1 rings (SSSR count). The van der Waals surface area contributed by atoms with E-state index in [1.54, 1.807) is 0 Å². The van der Waals surface area contributed by atoms with E-state index in [1.807, 2.05) is 11.8 Å². The molecule has 1 radical (unpaired) electrons. The first-order valence-corrected chi connectivity index (χ1v) is 3.50. The van der Waals surface area contributed by atoms with Crippen LogP contribution in [0.2, 0.25) is 0 Å². The van der Waals surface area contributed by atoms with E-state index in [1.165, 1.54) is 6.08 Å². The third-order valence-corrected chi connectivity index (χ3v) is 1.82. The first-order valence-electron chi connectivity index (χ1n) is 3.50. The third-order valence-electron chi connectivity index (χ3n) is 1.82. The highest BCUT2D eigenvalue weighted by atomic mass is 16.2. The summed E-state index contributed by atoms with van der Waals surface area (Å²) in [6.07, 6.45) is 4.50. The van der Waals surface area contributed by atoms with Crippen LogP contribution >= 0.6 is 0 Å². The van der Waals surface area contributed by atoms with Crippen LogP contribution in [0.1, 0.15) is 13.3 Å². The van der Waals surface area contributed by atoms with Gasteiger partial charge < -0.3 is 4.90 Å². The molecule has 55 valence electrons. The molecular weight excluding hydrogens is 126 g/mol. The van der Waals surface area contributed by atoms with Crippen molar-refractivity contribution in [1.29, 1.82) is 0 Å². The topological polar surface area (TPSA) is 20.3 Å². The van der Waals surface area contributed by atoms with Gasteiger partial charge in [-0.25, -0.2) is 0 Å². The Labute approximate surface area is 61.5 Å². The molecule has 0 aromatic heterocycles. The molecule has 10 heavy (non-hydrogen) atoms. The molecular formula is C8H12NO. The Bertz CT molecular complexity index is 153. The van der Waals surface area contributed by atoms with Crippen LogP contribution in [0.5, 0.6) is 0 Å². The maximum absolute atomic E-state index is 11.0. The highest BCUT2D eigenvalue weighted by Gasteiger charge is 2.22. The number of hydrogen-bond acceptors (Lipinski definition) is 1. The first-order chi connectivity index (χ1) is 4.75. The predicted octanol–water partition coefficient (Wildman–Crippen LogP) is 0.997. The van der Waals surface area contributed by atoms with E-state index in [9.17, 15) is 4.79 Å². The smallest absolute Gasteiger partial charge is 0.246 e. The summed E-state index contributed by atoms with van der Waals surface area (Å²) in [5, 5.41) is 0. The predicted molar refractivity (Wildman–Crippen MR) is 40.3 cm³/mol. The van der Waals surface area contributed by atoms with Gasteiger partial charge in [-0.15, -0.1) is 0 Å². The summed E-state index contributed by atoms with van der Waals surface area (Å²) in [4.78, 5) is 12.8. The van der Waals surface area contributed by atoms with Crippen LogP contribution in [0.3, 0.4) is 0 Å². The maximum atomic E-state index is 11.0. The Hall–Kier alpha value is -0.790. The number of rotatable bonds is 1. The molecule has 1 heterocycles. The van der Waals surface area contributed by atoms with Gasteiger partial charge in [0, 0.05) is 12.6 Å². The van der Waals surface area contributed by atoms with Gasteiger partial charge in [-0.05, 0) is 25.8 Å². The van der Waals surface area contributed by atoms with Gasteiger partial charge in [-0.1, -0.05) is 6.58 Å². The zero-order valence-corrected chi connectivity index (χ0v) is 6.21. The molecule has 1 aliphatic heterocycles. The van der Waals surface area contributed by atoms with Crippen molar-refractivity contribution in [3.8, 4) is 0 Å². The Morgan fingerprint density at radius 1 is 1.90 bits per heavy atom. The zero-order valence-electron chi connectivity index (χ0n) is 6.21. The van der Waals surface area contributed by atoms with Crippen molar-refractivity contribution in [1.82, 2.24) is 4.90 Å². The number of nitrogens with zero attached hydrogens (tertiary/aromatic N) is 1. The largest absolute Gasteiger partial charge is 0.336 e. The second-order valence-electron chi connectivity index (χ2n) is 2.57. The molecule has 0 spiro atoms. The van der Waals surface area contributed by atoms with Gasteiger partial charge >= 0.3 is 0 Å². The fourth-order valence-electron chi connectivity index (χ4n) is 1.19. The summed E-state index contributed by atoms with van der Waals surface area (Å²) in [6.45, 7) is 6.26. The molecule has 2 heteroatoms. The molecule has 1 aliphatic rings. The number of hydrogen-bond donors (Lipinski definition) is 0. The number of likely N-dealkylation sites (tertiary alicyclic amines) is 1. The monoisotopic (exact) mass is 138 g/mol. The minimum Gasteiger partial charge on any atom is -0.336 e. The van der Waals surface area contributed by atoms with Crippen LogP contribution in [0.25, 0.3) is 0 Å². The van der Waals surface area contributed by atoms with Crippen molar-refractivity contribution in [2.75, 3.05) is 6.54 Å². The van der Waals surface area contributed by atoms with E-state index in [-0.39, 0.29) is 5.91 Å². The summed E-state index contributed by atoms with van der Waals surface area (Å²) in [5.41, 5.74) is 0. The lowest BCUT2D eigenvalue weighted by Gasteiger charge is -2.18. The van der Waals surface area contributed by atoms with Gasteiger partial charge in [-0.3, -0.25) is 4.79 Å². The molecule has 0 N–H and O–H groups in total. The van der Waals surface area contributed by atoms with Crippen LogP contribution in [0.15, 0.2) is 12.7 Å². The molecule has 0 saturated carbocycles. The fourth-order valence-corrected chi connectivity index (χ4v) is 1.19. The van der Waals surface area contributed by atoms with Crippen LogP contribution in [0.4, 0.5) is 0 Å². The second kappa shape index (κ2) is 2.86. The average Bonchev–Trinajstić information content (AvgIpc) is 2.34. The van der Waals surface area contributed by atoms with Crippen molar-refractivity contribution in [3.05, 3.63) is 19.1 Å². The lowest BCUT2D eigenvalue weighted by Crippen LogP contribution is -2.31. The number of carbonyl (C=O) groups excluding carboxylic acids is 1. The van der Waals surface area contributed by atoms with Gasteiger partial charge in [0.25, 0.3) is 0 Å². The molecule has 0 bridgehead atoms. The highest BCUT2D eigenvalue weighted by molar-refractivity contribution is 5.87. The average molecular weight is 138 g/mol. The minimum atomic E-state index is 0.0428. The lowest BCUT2D eigenvalue weighted by molar-refractivity contribution is -0.126. The molecule has 0 aromatic rings. The number of carbonyl (C=O) groups is 1. The van der Waals surface area contributed by atoms with Crippen LogP contribution in [-0.4, -0.2) is 23.4 Å². The van der Waals surface area contributed by atoms with Crippen LogP contribution in [-0.2, 0) is 4.79 Å². The van der Waals surface area contributed by atoms with Gasteiger partial charge in [0.05, 0.1) is 0 Å². The van der Waals surface area contributed by atoms with Crippen molar-refractivity contribution >= 4 is 5.91 Å². The molecule has 1 unspecified atom stereocenters. The molecule has 1 saturated heterocycles. The molecule has 2 nitrogen and oxygen atoms in total. The Morgan fingerprint density at radius 2 is 2.60 bits per heavy atom. The SMILES string of the molecule is C=CC(=O)N1C[CH]CC1C. The van der Waals surface area contributed by atoms with Crippen molar-refractivity contribution in [2.24, 2.45) is 0 Å². The Kier molecular flexibility index (Phi) is 2.10. The zero-order chi connectivity index (χ0) is 7.56. The van der Waals surface area contributed by atoms with Crippen LogP contribution in [0, 0.1) is 6.42 Å². The van der Waals surface area contributed by atoms with Gasteiger partial charge in [0.2, 0.25) is 5.91 Å². The molecule has 1 fully saturated rings. The Morgan fingerprint density at radius 3 is 3.00 bits per heavy atom. The standard InChI is InChI=1S/C8H12NO/c1-3-8(10)9-6-4-5-7(9)2/h3-4,7H,1,5-6H2,2H3. The molecule has 0 aliphatic carbocycles. The summed E-state index contributed by atoms with van der Waals surface area (Å²) in [7, 11) is 0. The van der Waals surface area contributed by atoms with Gasteiger partial charge in [-0.2, -0.15) is 0 Å². The van der Waals surface area contributed by atoms with E-state index < -0.39 is 0 Å². The van der Waals surface area contributed by atoms with E-state index in [4.69, 9.17) is 0 Å². The summed E-state index contributed by atoms with van der Waals surface area (Å²) >= 11 is 0. The minimum absolute atomic E-state index is 0.0428. The third kappa shape index (κ3) is 1.20. The summed E-state index contributed by atoms with van der Waals surface area (Å²) < 4.78 is 0. The van der Waals surface area contributed by atoms with Crippen molar-refractivity contribution in [3.63, 3.8) is 0 Å². The first kappa shape index (κ1) is 7.32. The summed E-state index contributed by atoms with van der Waals surface area (Å²) in [6, 6.07) is 0.366. The lowest BCUT2D eigenvalue weighted by atomic mass is 10.2. The van der Waals surface area contributed by atoms with Crippen molar-refractivity contribution < 1.29 is 4.79 Å². The fraction of sp³-hybridized carbons (Fsp3) is 0.500. The highest BCUT2D eigenvalue weighted by Crippen LogP contribution is 2.15. The molecule has 0 aromatic carbocycles.